The van der Waals surface area contributed by atoms with Crippen LogP contribution in [-0.4, -0.2) is 30.1 Å². The Morgan fingerprint density at radius 2 is 2.00 bits per heavy atom. The van der Waals surface area contributed by atoms with Crippen LogP contribution in [0.1, 0.15) is 11.4 Å². The molecule has 0 saturated heterocycles. The first-order chi connectivity index (χ1) is 12.4. The van der Waals surface area contributed by atoms with E-state index >= 15 is 0 Å². The first-order valence-electron chi connectivity index (χ1n) is 7.77. The molecule has 0 saturated carbocycles. The topological polar surface area (TPSA) is 105 Å². The van der Waals surface area contributed by atoms with Crippen molar-refractivity contribution in [3.05, 3.63) is 59.9 Å². The number of nitrogens with one attached hydrogen (secondary N) is 1. The van der Waals surface area contributed by atoms with E-state index in [9.17, 15) is 13.2 Å². The molecule has 2 aromatic carbocycles. The fraction of sp³-hybridized carbons (Fsp3) is 0.167. The molecule has 0 aliphatic rings. The smallest absolute Gasteiger partial charge is 0.244 e. The molecule has 0 fully saturated rings. The molecule has 3 aromatic rings. The Kier molecular flexibility index (Phi) is 4.73. The molecule has 0 atom stereocenters. The Morgan fingerprint density at radius 1 is 1.23 bits per heavy atom. The molecule has 132 valence electrons. The fourth-order valence-electron chi connectivity index (χ4n) is 2.66. The fourth-order valence-corrected chi connectivity index (χ4v) is 3.35. The molecule has 1 amide bonds. The highest BCUT2D eigenvalue weighted by Crippen LogP contribution is 2.18. The van der Waals surface area contributed by atoms with Gasteiger partial charge in [0.05, 0.1) is 22.7 Å². The number of nitrogens with zero attached hydrogens (tertiary/aromatic N) is 3. The SMILES string of the molecule is CS(=O)(=O)Cc1nc2ccccc2n1CC(=O)Nc1cccc(C#N)c1. The average Bonchev–Trinajstić information content (AvgIpc) is 2.90. The van der Waals surface area contributed by atoms with Crippen LogP contribution in [0, 0.1) is 11.3 Å². The van der Waals surface area contributed by atoms with Gasteiger partial charge in [-0.15, -0.1) is 0 Å². The van der Waals surface area contributed by atoms with Crippen LogP contribution in [0.5, 0.6) is 0 Å². The number of aromatic nitrogens is 2. The van der Waals surface area contributed by atoms with Gasteiger partial charge in [0.2, 0.25) is 5.91 Å². The molecular weight excluding hydrogens is 352 g/mol. The van der Waals surface area contributed by atoms with Crippen LogP contribution in [0.3, 0.4) is 0 Å². The summed E-state index contributed by atoms with van der Waals surface area (Å²) in [5.74, 6) is -0.272. The van der Waals surface area contributed by atoms with E-state index in [1.807, 2.05) is 6.07 Å². The predicted molar refractivity (Wildman–Crippen MR) is 98.1 cm³/mol. The van der Waals surface area contributed by atoms with Crippen LogP contribution in [0.15, 0.2) is 48.5 Å². The summed E-state index contributed by atoms with van der Waals surface area (Å²) in [5, 5.41) is 11.7. The molecule has 0 aliphatic carbocycles. The van der Waals surface area contributed by atoms with Crippen LogP contribution < -0.4 is 5.32 Å². The maximum absolute atomic E-state index is 12.4. The maximum Gasteiger partial charge on any atom is 0.244 e. The van der Waals surface area contributed by atoms with E-state index in [2.05, 4.69) is 10.3 Å². The lowest BCUT2D eigenvalue weighted by atomic mass is 10.2. The lowest BCUT2D eigenvalue weighted by Crippen LogP contribution is -2.21. The molecular formula is C18H16N4O3S. The number of para-hydroxylation sites is 2. The Hall–Kier alpha value is -3.18. The molecule has 0 spiro atoms. The number of rotatable bonds is 5. The van der Waals surface area contributed by atoms with Gasteiger partial charge in [0.25, 0.3) is 0 Å². The van der Waals surface area contributed by atoms with Crippen molar-refractivity contribution in [3.8, 4) is 6.07 Å². The van der Waals surface area contributed by atoms with Gasteiger partial charge in [-0.2, -0.15) is 5.26 Å². The Bertz CT molecular complexity index is 1130. The summed E-state index contributed by atoms with van der Waals surface area (Å²) in [7, 11) is -3.30. The second kappa shape index (κ2) is 6.98. The number of anilines is 1. The van der Waals surface area contributed by atoms with Crippen molar-refractivity contribution < 1.29 is 13.2 Å². The zero-order chi connectivity index (χ0) is 18.7. The summed E-state index contributed by atoms with van der Waals surface area (Å²) in [4.78, 5) is 16.8. The Morgan fingerprint density at radius 3 is 2.73 bits per heavy atom. The highest BCUT2D eigenvalue weighted by atomic mass is 32.2. The Labute approximate surface area is 150 Å². The number of imidazole rings is 1. The van der Waals surface area contributed by atoms with Crippen molar-refractivity contribution >= 4 is 32.5 Å². The Balaban J connectivity index is 1.90. The van der Waals surface area contributed by atoms with E-state index in [4.69, 9.17) is 5.26 Å². The van der Waals surface area contributed by atoms with Crippen molar-refractivity contribution in [1.82, 2.24) is 9.55 Å². The molecule has 0 unspecified atom stereocenters. The number of carbonyl (C=O) groups is 1. The molecule has 0 radical (unpaired) electrons. The first-order valence-corrected chi connectivity index (χ1v) is 9.83. The summed E-state index contributed by atoms with van der Waals surface area (Å²) < 4.78 is 25.0. The molecule has 1 N–H and O–H groups in total. The zero-order valence-corrected chi connectivity index (χ0v) is 14.8. The maximum atomic E-state index is 12.4. The number of carbonyl (C=O) groups excluding carboxylic acids is 1. The van der Waals surface area contributed by atoms with Gasteiger partial charge in [-0.25, -0.2) is 13.4 Å². The minimum absolute atomic E-state index is 0.0812. The van der Waals surface area contributed by atoms with E-state index in [0.29, 0.717) is 28.1 Å². The van der Waals surface area contributed by atoms with Gasteiger partial charge in [0.1, 0.15) is 18.1 Å². The third-order valence-corrected chi connectivity index (χ3v) is 4.48. The summed E-state index contributed by atoms with van der Waals surface area (Å²) in [6.45, 7) is -0.0812. The molecule has 0 aliphatic heterocycles. The van der Waals surface area contributed by atoms with Crippen molar-refractivity contribution in [2.75, 3.05) is 11.6 Å². The average molecular weight is 368 g/mol. The van der Waals surface area contributed by atoms with Crippen molar-refractivity contribution in [2.45, 2.75) is 12.3 Å². The highest BCUT2D eigenvalue weighted by molar-refractivity contribution is 7.89. The number of sulfone groups is 1. The molecule has 3 rings (SSSR count). The number of hydrogen-bond acceptors (Lipinski definition) is 5. The monoisotopic (exact) mass is 368 g/mol. The molecule has 1 heterocycles. The molecule has 7 nitrogen and oxygen atoms in total. The second-order valence-electron chi connectivity index (χ2n) is 5.91. The summed E-state index contributed by atoms with van der Waals surface area (Å²) in [6, 6.07) is 15.8. The van der Waals surface area contributed by atoms with E-state index < -0.39 is 9.84 Å². The standard InChI is InChI=1S/C18H16N4O3S/c1-26(24,25)12-17-21-15-7-2-3-8-16(15)22(17)11-18(23)20-14-6-4-5-13(9-14)10-19/h2-9H,11-12H2,1H3,(H,20,23). The van der Waals surface area contributed by atoms with E-state index in [1.165, 1.54) is 0 Å². The highest BCUT2D eigenvalue weighted by Gasteiger charge is 2.17. The number of nitriles is 1. The minimum atomic E-state index is -3.30. The quantitative estimate of drug-likeness (QED) is 0.742. The number of hydrogen-bond donors (Lipinski definition) is 1. The first kappa shape index (κ1) is 17.6. The minimum Gasteiger partial charge on any atom is -0.324 e. The van der Waals surface area contributed by atoms with Gasteiger partial charge in [0.15, 0.2) is 9.84 Å². The molecule has 0 bridgehead atoms. The number of amides is 1. The second-order valence-corrected chi connectivity index (χ2v) is 8.05. The number of fused-ring (bicyclic) bond motifs is 1. The van der Waals surface area contributed by atoms with Crippen LogP contribution in [-0.2, 0) is 26.9 Å². The van der Waals surface area contributed by atoms with Crippen LogP contribution in [0.25, 0.3) is 11.0 Å². The summed E-state index contributed by atoms with van der Waals surface area (Å²) in [5.41, 5.74) is 2.26. The van der Waals surface area contributed by atoms with Gasteiger partial charge in [-0.05, 0) is 30.3 Å². The lowest BCUT2D eigenvalue weighted by Gasteiger charge is -2.10. The predicted octanol–water partition coefficient (Wildman–Crippen LogP) is 2.09. The molecule has 26 heavy (non-hydrogen) atoms. The zero-order valence-electron chi connectivity index (χ0n) is 14.0. The van der Waals surface area contributed by atoms with E-state index in [0.717, 1.165) is 6.26 Å². The van der Waals surface area contributed by atoms with Crippen molar-refractivity contribution in [1.29, 1.82) is 5.26 Å². The van der Waals surface area contributed by atoms with Crippen molar-refractivity contribution in [3.63, 3.8) is 0 Å². The van der Waals surface area contributed by atoms with Crippen molar-refractivity contribution in [2.24, 2.45) is 0 Å². The lowest BCUT2D eigenvalue weighted by molar-refractivity contribution is -0.116. The van der Waals surface area contributed by atoms with Crippen LogP contribution in [0.4, 0.5) is 5.69 Å². The normalized spacial score (nSPS) is 11.2. The van der Waals surface area contributed by atoms with Gasteiger partial charge in [-0.3, -0.25) is 4.79 Å². The third kappa shape index (κ3) is 4.07. The van der Waals surface area contributed by atoms with Gasteiger partial charge < -0.3 is 9.88 Å². The summed E-state index contributed by atoms with van der Waals surface area (Å²) >= 11 is 0. The largest absolute Gasteiger partial charge is 0.324 e. The van der Waals surface area contributed by atoms with E-state index in [-0.39, 0.29) is 18.2 Å². The van der Waals surface area contributed by atoms with Crippen LogP contribution >= 0.6 is 0 Å². The van der Waals surface area contributed by atoms with Gasteiger partial charge in [0, 0.05) is 11.9 Å². The van der Waals surface area contributed by atoms with Gasteiger partial charge >= 0.3 is 0 Å². The van der Waals surface area contributed by atoms with Crippen LogP contribution in [0.2, 0.25) is 0 Å². The van der Waals surface area contributed by atoms with Gasteiger partial charge in [-0.1, -0.05) is 18.2 Å². The van der Waals surface area contributed by atoms with E-state index in [1.54, 1.807) is 53.1 Å². The third-order valence-electron chi connectivity index (χ3n) is 3.70. The summed E-state index contributed by atoms with van der Waals surface area (Å²) in [6.07, 6.45) is 1.13. The molecule has 8 heteroatoms. The molecule has 1 aromatic heterocycles. The number of benzene rings is 2.